The summed E-state index contributed by atoms with van der Waals surface area (Å²) in [4.78, 5) is 36.3. The quantitative estimate of drug-likeness (QED) is 0.900. The number of pyridine rings is 1. The zero-order valence-corrected chi connectivity index (χ0v) is 15.4. The van der Waals surface area contributed by atoms with Crippen LogP contribution in [0.15, 0.2) is 42.6 Å². The summed E-state index contributed by atoms with van der Waals surface area (Å²) < 4.78 is 0. The van der Waals surface area contributed by atoms with Crippen molar-refractivity contribution in [2.75, 3.05) is 50.0 Å². The number of anilines is 3. The largest absolute Gasteiger partial charge is 0.320 e. The topological polar surface area (TPSA) is 68.8 Å². The van der Waals surface area contributed by atoms with Crippen molar-refractivity contribution in [3.05, 3.63) is 48.2 Å². The first kappa shape index (κ1) is 17.6. The van der Waals surface area contributed by atoms with Gasteiger partial charge >= 0.3 is 0 Å². The highest BCUT2D eigenvalue weighted by molar-refractivity contribution is 6.16. The number of piperazine rings is 1. The molecule has 2 aliphatic rings. The van der Waals surface area contributed by atoms with Gasteiger partial charge in [0.15, 0.2) is 5.82 Å². The van der Waals surface area contributed by atoms with Gasteiger partial charge in [-0.2, -0.15) is 0 Å². The normalized spacial score (nSPS) is 17.7. The van der Waals surface area contributed by atoms with E-state index in [1.54, 1.807) is 29.3 Å². The number of carbonyl (C=O) groups is 2. The van der Waals surface area contributed by atoms with Crippen molar-refractivity contribution in [1.29, 1.82) is 0 Å². The first-order valence-corrected chi connectivity index (χ1v) is 9.23. The third-order valence-electron chi connectivity index (χ3n) is 5.12. The lowest BCUT2D eigenvalue weighted by Crippen LogP contribution is -2.45. The van der Waals surface area contributed by atoms with Crippen LogP contribution in [0.2, 0.25) is 0 Å². The Morgan fingerprint density at radius 1 is 1.11 bits per heavy atom. The third-order valence-corrected chi connectivity index (χ3v) is 5.12. The number of amides is 2. The molecule has 1 fully saturated rings. The number of aromatic nitrogens is 1. The Bertz CT molecular complexity index is 861. The fourth-order valence-corrected chi connectivity index (χ4v) is 3.52. The number of hydrogen-bond acceptors (Lipinski definition) is 5. The molecule has 0 aliphatic carbocycles. The summed E-state index contributed by atoms with van der Waals surface area (Å²) in [5.74, 6) is 0.0843. The molecule has 0 spiro atoms. The molecule has 1 N–H and O–H groups in total. The van der Waals surface area contributed by atoms with E-state index >= 15 is 0 Å². The van der Waals surface area contributed by atoms with Crippen LogP contribution in [0.4, 0.5) is 17.2 Å². The Labute approximate surface area is 158 Å². The number of para-hydroxylation sites is 2. The van der Waals surface area contributed by atoms with Crippen molar-refractivity contribution >= 4 is 29.0 Å². The van der Waals surface area contributed by atoms with Crippen molar-refractivity contribution in [2.24, 2.45) is 0 Å². The standard InChI is InChI=1S/C20H23N5O2/c1-23-11-13-24(14-12-23)10-8-18(26)25-17-7-3-2-6-16(17)22-20(27)15-5-4-9-21-19(15)25/h2-7,9H,8,10-14H2,1H3,(H,22,27). The third kappa shape index (κ3) is 3.56. The van der Waals surface area contributed by atoms with Gasteiger partial charge in [0.05, 0.1) is 16.9 Å². The fraction of sp³-hybridized carbons (Fsp3) is 0.350. The van der Waals surface area contributed by atoms with E-state index in [0.717, 1.165) is 26.2 Å². The molecule has 3 heterocycles. The number of fused-ring (bicyclic) bond motifs is 2. The van der Waals surface area contributed by atoms with Gasteiger partial charge in [-0.1, -0.05) is 12.1 Å². The van der Waals surface area contributed by atoms with E-state index in [0.29, 0.717) is 35.7 Å². The lowest BCUT2D eigenvalue weighted by atomic mass is 10.2. The zero-order valence-electron chi connectivity index (χ0n) is 15.4. The molecule has 7 heteroatoms. The van der Waals surface area contributed by atoms with Crippen LogP contribution in [0, 0.1) is 0 Å². The van der Waals surface area contributed by atoms with Gasteiger partial charge in [0.25, 0.3) is 5.91 Å². The molecular formula is C20H23N5O2. The number of hydrogen-bond donors (Lipinski definition) is 1. The Morgan fingerprint density at radius 3 is 2.70 bits per heavy atom. The predicted octanol–water partition coefficient (Wildman–Crippen LogP) is 1.95. The molecule has 2 aliphatic heterocycles. The molecule has 0 bridgehead atoms. The van der Waals surface area contributed by atoms with Crippen molar-refractivity contribution in [3.8, 4) is 0 Å². The Balaban J connectivity index is 1.61. The molecule has 0 unspecified atom stereocenters. The molecule has 0 atom stereocenters. The Kier molecular flexibility index (Phi) is 4.87. The fourth-order valence-electron chi connectivity index (χ4n) is 3.52. The van der Waals surface area contributed by atoms with E-state index in [2.05, 4.69) is 27.1 Å². The second-order valence-electron chi connectivity index (χ2n) is 6.97. The number of rotatable bonds is 3. The summed E-state index contributed by atoms with van der Waals surface area (Å²) in [7, 11) is 2.11. The van der Waals surface area contributed by atoms with Gasteiger partial charge in [-0.3, -0.25) is 14.5 Å². The van der Waals surface area contributed by atoms with Gasteiger partial charge in [0.2, 0.25) is 5.91 Å². The molecule has 140 valence electrons. The molecule has 2 amide bonds. The summed E-state index contributed by atoms with van der Waals surface area (Å²) in [6.45, 7) is 4.67. The molecule has 1 aromatic carbocycles. The van der Waals surface area contributed by atoms with Crippen molar-refractivity contribution in [1.82, 2.24) is 14.8 Å². The van der Waals surface area contributed by atoms with E-state index in [1.165, 1.54) is 0 Å². The van der Waals surface area contributed by atoms with Crippen molar-refractivity contribution < 1.29 is 9.59 Å². The Morgan fingerprint density at radius 2 is 1.89 bits per heavy atom. The lowest BCUT2D eigenvalue weighted by Gasteiger charge is -2.32. The van der Waals surface area contributed by atoms with Crippen LogP contribution in [-0.2, 0) is 4.79 Å². The monoisotopic (exact) mass is 365 g/mol. The number of carbonyl (C=O) groups excluding carboxylic acids is 2. The van der Waals surface area contributed by atoms with Gasteiger partial charge in [0, 0.05) is 45.3 Å². The van der Waals surface area contributed by atoms with Crippen LogP contribution in [0.25, 0.3) is 0 Å². The maximum atomic E-state index is 13.2. The van der Waals surface area contributed by atoms with E-state index in [1.807, 2.05) is 18.2 Å². The van der Waals surface area contributed by atoms with E-state index in [4.69, 9.17) is 0 Å². The lowest BCUT2D eigenvalue weighted by molar-refractivity contribution is -0.118. The van der Waals surface area contributed by atoms with Crippen molar-refractivity contribution in [3.63, 3.8) is 0 Å². The smallest absolute Gasteiger partial charge is 0.259 e. The molecule has 1 saturated heterocycles. The zero-order chi connectivity index (χ0) is 18.8. The minimum atomic E-state index is -0.250. The summed E-state index contributed by atoms with van der Waals surface area (Å²) in [6.07, 6.45) is 1.99. The summed E-state index contributed by atoms with van der Waals surface area (Å²) >= 11 is 0. The number of likely N-dealkylation sites (N-methyl/N-ethyl adjacent to an activating group) is 1. The summed E-state index contributed by atoms with van der Waals surface area (Å²) in [6, 6.07) is 10.8. The van der Waals surface area contributed by atoms with Crippen LogP contribution in [0.1, 0.15) is 16.8 Å². The first-order chi connectivity index (χ1) is 13.1. The maximum absolute atomic E-state index is 13.2. The molecule has 0 radical (unpaired) electrons. The second-order valence-corrected chi connectivity index (χ2v) is 6.97. The maximum Gasteiger partial charge on any atom is 0.259 e. The number of nitrogens with zero attached hydrogens (tertiary/aromatic N) is 4. The number of nitrogens with one attached hydrogen (secondary N) is 1. The van der Waals surface area contributed by atoms with Crippen LogP contribution < -0.4 is 10.2 Å². The highest BCUT2D eigenvalue weighted by Crippen LogP contribution is 2.36. The van der Waals surface area contributed by atoms with E-state index < -0.39 is 0 Å². The van der Waals surface area contributed by atoms with Crippen molar-refractivity contribution in [2.45, 2.75) is 6.42 Å². The summed E-state index contributed by atoms with van der Waals surface area (Å²) in [5.41, 5.74) is 1.68. The first-order valence-electron chi connectivity index (χ1n) is 9.23. The minimum Gasteiger partial charge on any atom is -0.320 e. The SMILES string of the molecule is CN1CCN(CCC(=O)N2c3ccccc3NC(=O)c3cccnc32)CC1. The molecule has 7 nitrogen and oxygen atoms in total. The average Bonchev–Trinajstić information content (AvgIpc) is 2.81. The summed E-state index contributed by atoms with van der Waals surface area (Å²) in [5, 5.41) is 2.89. The minimum absolute atomic E-state index is 0.0576. The van der Waals surface area contributed by atoms with Gasteiger partial charge < -0.3 is 15.1 Å². The van der Waals surface area contributed by atoms with Crippen LogP contribution in [-0.4, -0.2) is 66.4 Å². The van der Waals surface area contributed by atoms with Crippen LogP contribution >= 0.6 is 0 Å². The van der Waals surface area contributed by atoms with E-state index in [-0.39, 0.29) is 11.8 Å². The number of benzene rings is 1. The van der Waals surface area contributed by atoms with Gasteiger partial charge in [-0.15, -0.1) is 0 Å². The molecule has 27 heavy (non-hydrogen) atoms. The molecule has 2 aromatic rings. The van der Waals surface area contributed by atoms with Crippen LogP contribution in [0.3, 0.4) is 0 Å². The van der Waals surface area contributed by atoms with Gasteiger partial charge in [0.1, 0.15) is 0 Å². The second kappa shape index (κ2) is 7.46. The Hall–Kier alpha value is -2.77. The van der Waals surface area contributed by atoms with Gasteiger partial charge in [-0.25, -0.2) is 4.98 Å². The molecular weight excluding hydrogens is 342 g/mol. The highest BCUT2D eigenvalue weighted by Gasteiger charge is 2.30. The molecule has 1 aromatic heterocycles. The van der Waals surface area contributed by atoms with E-state index in [9.17, 15) is 9.59 Å². The molecule has 0 saturated carbocycles. The van der Waals surface area contributed by atoms with Crippen LogP contribution in [0.5, 0.6) is 0 Å². The van der Waals surface area contributed by atoms with Gasteiger partial charge in [-0.05, 0) is 31.3 Å². The average molecular weight is 365 g/mol. The highest BCUT2D eigenvalue weighted by atomic mass is 16.2. The predicted molar refractivity (Wildman–Crippen MR) is 104 cm³/mol. The molecule has 4 rings (SSSR count).